The molecule has 0 spiro atoms. The van der Waals surface area contributed by atoms with Crippen molar-refractivity contribution in [2.24, 2.45) is 0 Å². The Morgan fingerprint density at radius 1 is 1.53 bits per heavy atom. The number of nitrogens with one attached hydrogen (secondary N) is 1. The summed E-state index contributed by atoms with van der Waals surface area (Å²) in [6.45, 7) is 0. The summed E-state index contributed by atoms with van der Waals surface area (Å²) in [4.78, 5) is 8.13. The molecule has 1 aromatic rings. The van der Waals surface area contributed by atoms with E-state index in [1.54, 1.807) is 6.20 Å². The van der Waals surface area contributed by atoms with E-state index in [1.165, 1.54) is 25.7 Å². The van der Waals surface area contributed by atoms with Crippen LogP contribution in [0.1, 0.15) is 25.7 Å². The Labute approximate surface area is 119 Å². The van der Waals surface area contributed by atoms with Gasteiger partial charge in [0.1, 0.15) is 5.82 Å². The van der Waals surface area contributed by atoms with E-state index in [-0.39, 0.29) is 5.28 Å². The highest BCUT2D eigenvalue weighted by Gasteiger charge is 2.22. The highest BCUT2D eigenvalue weighted by atomic mass is 79.9. The van der Waals surface area contributed by atoms with E-state index >= 15 is 0 Å². The fraction of sp³-hybridized carbons (Fsp3) is 0.636. The average molecular weight is 337 g/mol. The molecule has 1 aliphatic carbocycles. The van der Waals surface area contributed by atoms with Crippen LogP contribution in [0.3, 0.4) is 0 Å². The highest BCUT2D eigenvalue weighted by molar-refractivity contribution is 9.10. The quantitative estimate of drug-likeness (QED) is 0.847. The molecule has 2 atom stereocenters. The van der Waals surface area contributed by atoms with Gasteiger partial charge >= 0.3 is 0 Å². The fourth-order valence-electron chi connectivity index (χ4n) is 2.13. The predicted octanol–water partition coefficient (Wildman–Crippen LogP) is 3.98. The van der Waals surface area contributed by atoms with Gasteiger partial charge in [-0.15, -0.1) is 0 Å². The number of thioether (sulfide) groups is 1. The van der Waals surface area contributed by atoms with Gasteiger partial charge in [-0.2, -0.15) is 16.7 Å². The van der Waals surface area contributed by atoms with E-state index in [0.29, 0.717) is 6.04 Å². The van der Waals surface area contributed by atoms with E-state index in [2.05, 4.69) is 37.5 Å². The lowest BCUT2D eigenvalue weighted by molar-refractivity contribution is 0.472. The molecular formula is C11H15BrClN3S. The van der Waals surface area contributed by atoms with Gasteiger partial charge in [0, 0.05) is 17.5 Å². The van der Waals surface area contributed by atoms with Crippen LogP contribution in [0.25, 0.3) is 0 Å². The first-order chi connectivity index (χ1) is 8.19. The molecule has 1 fully saturated rings. The number of aromatic nitrogens is 2. The number of hydrogen-bond donors (Lipinski definition) is 1. The molecule has 1 saturated carbocycles. The standard InChI is InChI=1S/C11H15BrClN3S/c1-17-8-4-2-3-7(5-8)15-10-9(12)6-14-11(13)16-10/h6-8H,2-5H2,1H3,(H,14,15,16). The van der Waals surface area contributed by atoms with Crippen LogP contribution < -0.4 is 5.32 Å². The van der Waals surface area contributed by atoms with Crippen molar-refractivity contribution in [3.05, 3.63) is 16.0 Å². The molecule has 0 amide bonds. The summed E-state index contributed by atoms with van der Waals surface area (Å²) in [5.74, 6) is 0.803. The molecule has 94 valence electrons. The predicted molar refractivity (Wildman–Crippen MR) is 77.9 cm³/mol. The Hall–Kier alpha value is -0.000000000000000111. The molecule has 0 radical (unpaired) electrons. The first-order valence-corrected chi connectivity index (χ1v) is 8.12. The topological polar surface area (TPSA) is 37.8 Å². The van der Waals surface area contributed by atoms with E-state index in [0.717, 1.165) is 15.5 Å². The minimum Gasteiger partial charge on any atom is -0.366 e. The van der Waals surface area contributed by atoms with Crippen molar-refractivity contribution < 1.29 is 0 Å². The first-order valence-electron chi connectivity index (χ1n) is 5.66. The van der Waals surface area contributed by atoms with E-state index in [4.69, 9.17) is 11.6 Å². The summed E-state index contributed by atoms with van der Waals surface area (Å²) in [6, 6.07) is 0.489. The van der Waals surface area contributed by atoms with E-state index in [1.807, 2.05) is 11.8 Å². The van der Waals surface area contributed by atoms with Crippen molar-refractivity contribution >= 4 is 45.1 Å². The normalized spacial score (nSPS) is 24.6. The van der Waals surface area contributed by atoms with Crippen molar-refractivity contribution in [3.8, 4) is 0 Å². The zero-order chi connectivity index (χ0) is 12.3. The van der Waals surface area contributed by atoms with Gasteiger partial charge in [-0.05, 0) is 53.0 Å². The molecule has 0 aromatic carbocycles. The van der Waals surface area contributed by atoms with Crippen molar-refractivity contribution in [3.63, 3.8) is 0 Å². The Kier molecular flexibility index (Phi) is 4.94. The van der Waals surface area contributed by atoms with Crippen molar-refractivity contribution in [2.45, 2.75) is 37.0 Å². The third-order valence-corrected chi connectivity index (χ3v) is 4.87. The van der Waals surface area contributed by atoms with Crippen LogP contribution in [-0.2, 0) is 0 Å². The molecule has 17 heavy (non-hydrogen) atoms. The summed E-state index contributed by atoms with van der Waals surface area (Å²) >= 11 is 11.2. The molecule has 0 bridgehead atoms. The lowest BCUT2D eigenvalue weighted by atomic mass is 9.95. The fourth-order valence-corrected chi connectivity index (χ4v) is 3.40. The first kappa shape index (κ1) is 13.4. The second kappa shape index (κ2) is 6.25. The summed E-state index contributed by atoms with van der Waals surface area (Å²) in [6.07, 6.45) is 8.86. The Balaban J connectivity index is 2.02. The molecular weight excluding hydrogens is 322 g/mol. The molecule has 6 heteroatoms. The molecule has 1 aliphatic rings. The molecule has 1 aromatic heterocycles. The van der Waals surface area contributed by atoms with Crippen LogP contribution in [0.5, 0.6) is 0 Å². The third-order valence-electron chi connectivity index (χ3n) is 3.01. The second-order valence-corrected chi connectivity index (χ2v) is 6.53. The number of nitrogens with zero attached hydrogens (tertiary/aromatic N) is 2. The molecule has 0 saturated heterocycles. The van der Waals surface area contributed by atoms with Crippen molar-refractivity contribution in [1.29, 1.82) is 0 Å². The van der Waals surface area contributed by atoms with Crippen LogP contribution in [0.4, 0.5) is 5.82 Å². The molecule has 2 unspecified atom stereocenters. The van der Waals surface area contributed by atoms with Gasteiger partial charge in [0.05, 0.1) is 4.47 Å². The van der Waals surface area contributed by atoms with Crippen LogP contribution in [0.2, 0.25) is 5.28 Å². The summed E-state index contributed by atoms with van der Waals surface area (Å²) in [5.41, 5.74) is 0. The number of halogens is 2. The Morgan fingerprint density at radius 3 is 3.12 bits per heavy atom. The molecule has 1 heterocycles. The SMILES string of the molecule is CSC1CCCC(Nc2nc(Cl)ncc2Br)C1. The van der Waals surface area contributed by atoms with Crippen LogP contribution in [-0.4, -0.2) is 27.5 Å². The molecule has 3 nitrogen and oxygen atoms in total. The Morgan fingerprint density at radius 2 is 2.35 bits per heavy atom. The van der Waals surface area contributed by atoms with Crippen LogP contribution >= 0.6 is 39.3 Å². The average Bonchev–Trinajstić information content (AvgIpc) is 2.34. The summed E-state index contributed by atoms with van der Waals surface area (Å²) < 4.78 is 0.869. The van der Waals surface area contributed by atoms with Gasteiger partial charge in [0.25, 0.3) is 0 Å². The zero-order valence-electron chi connectivity index (χ0n) is 9.62. The van der Waals surface area contributed by atoms with Gasteiger partial charge < -0.3 is 5.32 Å². The highest BCUT2D eigenvalue weighted by Crippen LogP contribution is 2.30. The largest absolute Gasteiger partial charge is 0.366 e. The maximum Gasteiger partial charge on any atom is 0.224 e. The number of hydrogen-bond acceptors (Lipinski definition) is 4. The van der Waals surface area contributed by atoms with Crippen LogP contribution in [0.15, 0.2) is 10.7 Å². The minimum atomic E-state index is 0.285. The number of rotatable bonds is 3. The second-order valence-electron chi connectivity index (χ2n) is 4.20. The monoisotopic (exact) mass is 335 g/mol. The lowest BCUT2D eigenvalue weighted by Crippen LogP contribution is -2.29. The number of anilines is 1. The summed E-state index contributed by atoms with van der Waals surface area (Å²) in [7, 11) is 0. The van der Waals surface area contributed by atoms with Crippen molar-refractivity contribution in [2.75, 3.05) is 11.6 Å². The van der Waals surface area contributed by atoms with Gasteiger partial charge in [0.15, 0.2) is 0 Å². The van der Waals surface area contributed by atoms with E-state index < -0.39 is 0 Å². The van der Waals surface area contributed by atoms with Gasteiger partial charge in [-0.25, -0.2) is 4.98 Å². The van der Waals surface area contributed by atoms with Crippen molar-refractivity contribution in [1.82, 2.24) is 9.97 Å². The smallest absolute Gasteiger partial charge is 0.224 e. The molecule has 2 rings (SSSR count). The minimum absolute atomic E-state index is 0.285. The maximum atomic E-state index is 5.80. The summed E-state index contributed by atoms with van der Waals surface area (Å²) in [5, 5.41) is 4.51. The van der Waals surface area contributed by atoms with Gasteiger partial charge in [-0.1, -0.05) is 6.42 Å². The van der Waals surface area contributed by atoms with Gasteiger partial charge in [0.2, 0.25) is 5.28 Å². The molecule has 0 aliphatic heterocycles. The zero-order valence-corrected chi connectivity index (χ0v) is 12.8. The van der Waals surface area contributed by atoms with Gasteiger partial charge in [-0.3, -0.25) is 0 Å². The lowest BCUT2D eigenvalue weighted by Gasteiger charge is -2.29. The molecule has 1 N–H and O–H groups in total. The Bertz CT molecular complexity index is 391. The van der Waals surface area contributed by atoms with Crippen LogP contribution in [0, 0.1) is 0 Å². The van der Waals surface area contributed by atoms with E-state index in [9.17, 15) is 0 Å². The maximum absolute atomic E-state index is 5.80. The third kappa shape index (κ3) is 3.73.